The summed E-state index contributed by atoms with van der Waals surface area (Å²) in [4.78, 5) is 10.9. The normalized spacial score (nSPS) is 39.8. The van der Waals surface area contributed by atoms with Crippen LogP contribution in [0.5, 0.6) is 0 Å². The monoisotopic (exact) mass is 139 g/mol. The van der Waals surface area contributed by atoms with Crippen LogP contribution in [0.15, 0.2) is 0 Å². The summed E-state index contributed by atoms with van der Waals surface area (Å²) in [7, 11) is 0. The minimum atomic E-state index is 0.471. The first kappa shape index (κ1) is 6.35. The highest BCUT2D eigenvalue weighted by atomic mass is 16.1. The Morgan fingerprint density at radius 1 is 1.40 bits per heavy atom. The zero-order valence-corrected chi connectivity index (χ0v) is 6.10. The molecule has 1 aliphatic carbocycles. The lowest BCUT2D eigenvalue weighted by molar-refractivity contribution is -0.117. The highest BCUT2D eigenvalue weighted by molar-refractivity contribution is 5.80. The van der Waals surface area contributed by atoms with E-state index in [4.69, 9.17) is 0 Å². The summed E-state index contributed by atoms with van der Waals surface area (Å²) >= 11 is 0. The Kier molecular flexibility index (Phi) is 1.49. The van der Waals surface area contributed by atoms with Gasteiger partial charge in [-0.3, -0.25) is 4.79 Å². The van der Waals surface area contributed by atoms with Gasteiger partial charge in [0.15, 0.2) is 0 Å². The van der Waals surface area contributed by atoms with E-state index in [9.17, 15) is 4.79 Å². The standard InChI is InChI=1S/C8H13NO/c10-7-2-1-6(5-7)8-3-4-9-8/h6,8-9H,1-5H2. The first-order chi connectivity index (χ1) is 4.86. The third kappa shape index (κ3) is 0.966. The van der Waals surface area contributed by atoms with Crippen molar-refractivity contribution >= 4 is 5.78 Å². The molecule has 1 saturated heterocycles. The number of hydrogen-bond acceptors (Lipinski definition) is 2. The molecule has 2 fully saturated rings. The summed E-state index contributed by atoms with van der Waals surface area (Å²) in [5, 5.41) is 3.36. The molecule has 0 amide bonds. The van der Waals surface area contributed by atoms with Gasteiger partial charge in [0.1, 0.15) is 5.78 Å². The molecule has 2 rings (SSSR count). The highest BCUT2D eigenvalue weighted by Crippen LogP contribution is 2.28. The van der Waals surface area contributed by atoms with Crippen molar-refractivity contribution in [2.24, 2.45) is 5.92 Å². The molecule has 56 valence electrons. The van der Waals surface area contributed by atoms with Crippen molar-refractivity contribution < 1.29 is 4.79 Å². The van der Waals surface area contributed by atoms with Crippen molar-refractivity contribution in [2.45, 2.75) is 31.7 Å². The van der Waals surface area contributed by atoms with Crippen LogP contribution in [0.25, 0.3) is 0 Å². The minimum absolute atomic E-state index is 0.471. The summed E-state index contributed by atoms with van der Waals surface area (Å²) in [5.41, 5.74) is 0. The molecule has 0 bridgehead atoms. The third-order valence-electron chi connectivity index (χ3n) is 2.71. The molecule has 1 saturated carbocycles. The number of carbonyl (C=O) groups is 1. The molecule has 0 aromatic rings. The maximum atomic E-state index is 10.9. The SMILES string of the molecule is O=C1CCC(C2CCN2)C1. The fourth-order valence-corrected chi connectivity index (χ4v) is 1.90. The lowest BCUT2D eigenvalue weighted by atomic mass is 9.91. The van der Waals surface area contributed by atoms with E-state index in [1.165, 1.54) is 6.42 Å². The van der Waals surface area contributed by atoms with Gasteiger partial charge in [0.05, 0.1) is 0 Å². The second-order valence-corrected chi connectivity index (χ2v) is 3.39. The third-order valence-corrected chi connectivity index (χ3v) is 2.71. The maximum absolute atomic E-state index is 10.9. The van der Waals surface area contributed by atoms with Crippen LogP contribution in [0.4, 0.5) is 0 Å². The van der Waals surface area contributed by atoms with Crippen molar-refractivity contribution in [3.05, 3.63) is 0 Å². The maximum Gasteiger partial charge on any atom is 0.133 e. The van der Waals surface area contributed by atoms with Crippen LogP contribution in [-0.2, 0) is 4.79 Å². The van der Waals surface area contributed by atoms with Crippen LogP contribution in [0.1, 0.15) is 25.7 Å². The van der Waals surface area contributed by atoms with E-state index in [1.54, 1.807) is 0 Å². The zero-order valence-electron chi connectivity index (χ0n) is 6.10. The highest BCUT2D eigenvalue weighted by Gasteiger charge is 2.32. The molecule has 1 N–H and O–H groups in total. The first-order valence-corrected chi connectivity index (χ1v) is 4.11. The van der Waals surface area contributed by atoms with Gasteiger partial charge in [-0.15, -0.1) is 0 Å². The van der Waals surface area contributed by atoms with E-state index in [0.29, 0.717) is 17.7 Å². The van der Waals surface area contributed by atoms with E-state index < -0.39 is 0 Å². The van der Waals surface area contributed by atoms with Gasteiger partial charge in [0.25, 0.3) is 0 Å². The Bertz CT molecular complexity index is 151. The van der Waals surface area contributed by atoms with Gasteiger partial charge in [0, 0.05) is 18.9 Å². The number of Topliss-reactive ketones (excluding diaryl/α,β-unsaturated/α-hetero) is 1. The fourth-order valence-electron chi connectivity index (χ4n) is 1.90. The van der Waals surface area contributed by atoms with E-state index >= 15 is 0 Å². The summed E-state index contributed by atoms with van der Waals surface area (Å²) in [6.07, 6.45) is 4.11. The number of ketones is 1. The molecule has 0 spiro atoms. The van der Waals surface area contributed by atoms with E-state index in [2.05, 4.69) is 5.32 Å². The molecule has 1 heterocycles. The van der Waals surface area contributed by atoms with Crippen LogP contribution in [0.3, 0.4) is 0 Å². The van der Waals surface area contributed by atoms with Gasteiger partial charge in [0.2, 0.25) is 0 Å². The second kappa shape index (κ2) is 2.35. The summed E-state index contributed by atoms with van der Waals surface area (Å²) in [5.74, 6) is 1.15. The van der Waals surface area contributed by atoms with Crippen molar-refractivity contribution in [1.82, 2.24) is 5.32 Å². The van der Waals surface area contributed by atoms with Gasteiger partial charge >= 0.3 is 0 Å². The molecule has 0 aromatic carbocycles. The molecule has 2 unspecified atom stereocenters. The van der Waals surface area contributed by atoms with Crippen molar-refractivity contribution in [1.29, 1.82) is 0 Å². The van der Waals surface area contributed by atoms with Crippen molar-refractivity contribution in [2.75, 3.05) is 6.54 Å². The van der Waals surface area contributed by atoms with Crippen LogP contribution in [-0.4, -0.2) is 18.4 Å². The van der Waals surface area contributed by atoms with E-state index in [1.807, 2.05) is 0 Å². The van der Waals surface area contributed by atoms with E-state index in [-0.39, 0.29) is 0 Å². The predicted molar refractivity (Wildman–Crippen MR) is 38.8 cm³/mol. The largest absolute Gasteiger partial charge is 0.314 e. The molecule has 10 heavy (non-hydrogen) atoms. The first-order valence-electron chi connectivity index (χ1n) is 4.11. The minimum Gasteiger partial charge on any atom is -0.314 e. The predicted octanol–water partition coefficient (Wildman–Crippen LogP) is 0.718. The smallest absolute Gasteiger partial charge is 0.133 e. The Hall–Kier alpha value is -0.370. The molecule has 2 nitrogen and oxygen atoms in total. The second-order valence-electron chi connectivity index (χ2n) is 3.39. The van der Waals surface area contributed by atoms with Crippen molar-refractivity contribution in [3.8, 4) is 0 Å². The molecule has 2 atom stereocenters. The van der Waals surface area contributed by atoms with E-state index in [0.717, 1.165) is 25.8 Å². The Balaban J connectivity index is 1.88. The van der Waals surface area contributed by atoms with Gasteiger partial charge < -0.3 is 5.32 Å². The lowest BCUT2D eigenvalue weighted by Crippen LogP contribution is -2.47. The van der Waals surface area contributed by atoms with Crippen LogP contribution >= 0.6 is 0 Å². The molecule has 1 aliphatic heterocycles. The Morgan fingerprint density at radius 2 is 2.20 bits per heavy atom. The Morgan fingerprint density at radius 3 is 2.60 bits per heavy atom. The fraction of sp³-hybridized carbons (Fsp3) is 0.875. The number of hydrogen-bond donors (Lipinski definition) is 1. The number of carbonyl (C=O) groups excluding carboxylic acids is 1. The average Bonchev–Trinajstić information content (AvgIpc) is 2.10. The Labute approximate surface area is 61.0 Å². The zero-order chi connectivity index (χ0) is 6.97. The van der Waals surface area contributed by atoms with Gasteiger partial charge in [-0.1, -0.05) is 0 Å². The quantitative estimate of drug-likeness (QED) is 0.580. The van der Waals surface area contributed by atoms with Crippen LogP contribution in [0.2, 0.25) is 0 Å². The molecule has 0 aromatic heterocycles. The molecule has 2 aliphatic rings. The van der Waals surface area contributed by atoms with Gasteiger partial charge in [-0.25, -0.2) is 0 Å². The molecular formula is C8H13NO. The van der Waals surface area contributed by atoms with Gasteiger partial charge in [-0.05, 0) is 25.3 Å². The topological polar surface area (TPSA) is 29.1 Å². The lowest BCUT2D eigenvalue weighted by Gasteiger charge is -2.32. The molecular weight excluding hydrogens is 126 g/mol. The summed E-state index contributed by atoms with van der Waals surface area (Å²) in [6, 6.07) is 0.687. The molecule has 2 heteroatoms. The summed E-state index contributed by atoms with van der Waals surface area (Å²) in [6.45, 7) is 1.16. The number of nitrogens with one attached hydrogen (secondary N) is 1. The summed E-state index contributed by atoms with van der Waals surface area (Å²) < 4.78 is 0. The van der Waals surface area contributed by atoms with Crippen LogP contribution in [0, 0.1) is 5.92 Å². The van der Waals surface area contributed by atoms with Crippen molar-refractivity contribution in [3.63, 3.8) is 0 Å². The molecule has 0 radical (unpaired) electrons. The van der Waals surface area contributed by atoms with Gasteiger partial charge in [-0.2, -0.15) is 0 Å². The number of rotatable bonds is 1. The average molecular weight is 139 g/mol. The van der Waals surface area contributed by atoms with Crippen LogP contribution < -0.4 is 5.32 Å².